The summed E-state index contributed by atoms with van der Waals surface area (Å²) in [5, 5.41) is 4.55. The lowest BCUT2D eigenvalue weighted by Gasteiger charge is -2.37. The molecule has 1 aliphatic carbocycles. The number of nitrogens with one attached hydrogen (secondary N) is 1. The number of benzene rings is 2. The molecule has 3 atom stereocenters. The second-order valence-electron chi connectivity index (χ2n) is 6.12. The molecular weight excluding hydrogens is 278 g/mol. The lowest BCUT2D eigenvalue weighted by atomic mass is 9.77. The highest BCUT2D eigenvalue weighted by molar-refractivity contribution is 6.30. The molecule has 1 nitrogen and oxygen atoms in total. The SMILES string of the molecule is Cc1ccc2c(c1)[C@@H]1C=CC[C@@H]1[C@H](c1ccc(Cl)cc1)N2. The fourth-order valence-corrected chi connectivity index (χ4v) is 3.84. The zero-order valence-corrected chi connectivity index (χ0v) is 12.8. The van der Waals surface area contributed by atoms with E-state index < -0.39 is 0 Å². The molecule has 2 aromatic carbocycles. The summed E-state index contributed by atoms with van der Waals surface area (Å²) in [6.07, 6.45) is 5.85. The van der Waals surface area contributed by atoms with E-state index in [1.807, 2.05) is 12.1 Å². The third-order valence-electron chi connectivity index (χ3n) is 4.75. The molecule has 0 spiro atoms. The number of aryl methyl sites for hydroxylation is 1. The van der Waals surface area contributed by atoms with Gasteiger partial charge in [-0.1, -0.05) is 53.6 Å². The molecular formula is C19H18ClN. The molecule has 1 aliphatic heterocycles. The molecule has 0 unspecified atom stereocenters. The molecule has 0 amide bonds. The van der Waals surface area contributed by atoms with E-state index in [-0.39, 0.29) is 0 Å². The maximum Gasteiger partial charge on any atom is 0.0553 e. The molecule has 0 aromatic heterocycles. The molecule has 21 heavy (non-hydrogen) atoms. The second kappa shape index (κ2) is 4.92. The lowest BCUT2D eigenvalue weighted by molar-refractivity contribution is 0.425. The highest BCUT2D eigenvalue weighted by Crippen LogP contribution is 2.49. The van der Waals surface area contributed by atoms with Crippen molar-refractivity contribution in [3.63, 3.8) is 0 Å². The Bertz CT molecular complexity index is 702. The van der Waals surface area contributed by atoms with E-state index >= 15 is 0 Å². The van der Waals surface area contributed by atoms with Crippen molar-refractivity contribution in [2.45, 2.75) is 25.3 Å². The molecule has 0 radical (unpaired) electrons. The van der Waals surface area contributed by atoms with Gasteiger partial charge in [-0.15, -0.1) is 0 Å². The fourth-order valence-electron chi connectivity index (χ4n) is 3.71. The maximum atomic E-state index is 6.03. The summed E-state index contributed by atoms with van der Waals surface area (Å²) < 4.78 is 0. The van der Waals surface area contributed by atoms with Crippen LogP contribution in [0.5, 0.6) is 0 Å². The minimum atomic E-state index is 0.359. The van der Waals surface area contributed by atoms with Crippen LogP contribution in [-0.4, -0.2) is 0 Å². The van der Waals surface area contributed by atoms with Gasteiger partial charge in [-0.05, 0) is 48.6 Å². The molecule has 0 saturated carbocycles. The van der Waals surface area contributed by atoms with Gasteiger partial charge in [0.2, 0.25) is 0 Å². The first-order chi connectivity index (χ1) is 10.2. The van der Waals surface area contributed by atoms with E-state index in [0.29, 0.717) is 17.9 Å². The van der Waals surface area contributed by atoms with Gasteiger partial charge in [0.1, 0.15) is 0 Å². The zero-order chi connectivity index (χ0) is 14.4. The number of rotatable bonds is 1. The van der Waals surface area contributed by atoms with E-state index in [0.717, 1.165) is 11.4 Å². The molecule has 106 valence electrons. The first-order valence-corrected chi connectivity index (χ1v) is 7.89. The molecule has 0 saturated heterocycles. The molecule has 4 rings (SSSR count). The summed E-state index contributed by atoms with van der Waals surface area (Å²) in [6.45, 7) is 2.17. The third-order valence-corrected chi connectivity index (χ3v) is 5.00. The molecule has 2 heteroatoms. The topological polar surface area (TPSA) is 12.0 Å². The van der Waals surface area contributed by atoms with E-state index in [2.05, 4.69) is 54.7 Å². The number of halogens is 1. The Labute approximate surface area is 130 Å². The first-order valence-electron chi connectivity index (χ1n) is 7.51. The normalized spacial score (nSPS) is 26.1. The highest BCUT2D eigenvalue weighted by Gasteiger charge is 2.37. The van der Waals surface area contributed by atoms with Gasteiger partial charge in [-0.3, -0.25) is 0 Å². The molecule has 1 heterocycles. The Kier molecular flexibility index (Phi) is 3.04. The van der Waals surface area contributed by atoms with Crippen molar-refractivity contribution in [1.82, 2.24) is 0 Å². The molecule has 0 bridgehead atoms. The van der Waals surface area contributed by atoms with E-state index in [1.165, 1.54) is 22.4 Å². The number of fused-ring (bicyclic) bond motifs is 3. The summed E-state index contributed by atoms with van der Waals surface area (Å²) in [4.78, 5) is 0. The van der Waals surface area contributed by atoms with Crippen LogP contribution in [0.2, 0.25) is 5.02 Å². The number of hydrogen-bond donors (Lipinski definition) is 1. The molecule has 1 N–H and O–H groups in total. The number of anilines is 1. The van der Waals surface area contributed by atoms with Gasteiger partial charge in [0.15, 0.2) is 0 Å². The quantitative estimate of drug-likeness (QED) is 0.687. The predicted octanol–water partition coefficient (Wildman–Crippen LogP) is 5.47. The summed E-state index contributed by atoms with van der Waals surface area (Å²) in [5.74, 6) is 1.13. The Morgan fingerprint density at radius 1 is 1.10 bits per heavy atom. The fraction of sp³-hybridized carbons (Fsp3) is 0.263. The van der Waals surface area contributed by atoms with Crippen molar-refractivity contribution in [2.24, 2.45) is 5.92 Å². The van der Waals surface area contributed by atoms with Crippen LogP contribution in [0.4, 0.5) is 5.69 Å². The summed E-state index contributed by atoms with van der Waals surface area (Å²) in [5.41, 5.74) is 5.37. The van der Waals surface area contributed by atoms with Crippen LogP contribution in [0.1, 0.15) is 35.1 Å². The third kappa shape index (κ3) is 2.16. The van der Waals surface area contributed by atoms with Gasteiger partial charge in [0.05, 0.1) is 6.04 Å². The van der Waals surface area contributed by atoms with Crippen molar-refractivity contribution in [3.8, 4) is 0 Å². The lowest BCUT2D eigenvalue weighted by Crippen LogP contribution is -2.29. The zero-order valence-electron chi connectivity index (χ0n) is 12.0. The van der Waals surface area contributed by atoms with E-state index in [1.54, 1.807) is 0 Å². The average Bonchev–Trinajstić information content (AvgIpc) is 2.97. The highest BCUT2D eigenvalue weighted by atomic mass is 35.5. The van der Waals surface area contributed by atoms with Crippen molar-refractivity contribution in [3.05, 3.63) is 76.3 Å². The molecule has 0 fully saturated rings. The standard InChI is InChI=1S/C19H18ClN/c1-12-5-10-18-17(11-12)15-3-2-4-16(15)19(21-18)13-6-8-14(20)9-7-13/h2-3,5-11,15-16,19,21H,4H2,1H3/t15-,16+,19+/m1/s1. The van der Waals surface area contributed by atoms with Crippen molar-refractivity contribution in [1.29, 1.82) is 0 Å². The van der Waals surface area contributed by atoms with Gasteiger partial charge in [0.25, 0.3) is 0 Å². The van der Waals surface area contributed by atoms with Crippen molar-refractivity contribution >= 4 is 17.3 Å². The second-order valence-corrected chi connectivity index (χ2v) is 6.55. The van der Waals surface area contributed by atoms with Gasteiger partial charge in [0, 0.05) is 16.6 Å². The van der Waals surface area contributed by atoms with Crippen LogP contribution in [0.3, 0.4) is 0 Å². The number of allylic oxidation sites excluding steroid dienone is 2. The largest absolute Gasteiger partial charge is 0.378 e. The van der Waals surface area contributed by atoms with Crippen LogP contribution < -0.4 is 5.32 Å². The van der Waals surface area contributed by atoms with Gasteiger partial charge >= 0.3 is 0 Å². The van der Waals surface area contributed by atoms with Gasteiger partial charge in [-0.25, -0.2) is 0 Å². The van der Waals surface area contributed by atoms with Crippen LogP contribution in [0.15, 0.2) is 54.6 Å². The number of hydrogen-bond acceptors (Lipinski definition) is 1. The van der Waals surface area contributed by atoms with Gasteiger partial charge < -0.3 is 5.32 Å². The van der Waals surface area contributed by atoms with Crippen LogP contribution in [0, 0.1) is 12.8 Å². The Hall–Kier alpha value is -1.73. The summed E-state index contributed by atoms with van der Waals surface area (Å²) in [7, 11) is 0. The Balaban J connectivity index is 1.78. The maximum absolute atomic E-state index is 6.03. The molecule has 2 aromatic rings. The van der Waals surface area contributed by atoms with E-state index in [4.69, 9.17) is 11.6 Å². The minimum absolute atomic E-state index is 0.359. The van der Waals surface area contributed by atoms with Crippen LogP contribution in [-0.2, 0) is 0 Å². The van der Waals surface area contributed by atoms with E-state index in [9.17, 15) is 0 Å². The Morgan fingerprint density at radius 2 is 1.90 bits per heavy atom. The monoisotopic (exact) mass is 295 g/mol. The predicted molar refractivity (Wildman–Crippen MR) is 89.0 cm³/mol. The summed E-state index contributed by atoms with van der Waals surface area (Å²) >= 11 is 6.03. The van der Waals surface area contributed by atoms with Crippen LogP contribution in [0.25, 0.3) is 0 Å². The smallest absolute Gasteiger partial charge is 0.0553 e. The van der Waals surface area contributed by atoms with Gasteiger partial charge in [-0.2, -0.15) is 0 Å². The van der Waals surface area contributed by atoms with Crippen molar-refractivity contribution in [2.75, 3.05) is 5.32 Å². The summed E-state index contributed by atoms with van der Waals surface area (Å²) in [6, 6.07) is 15.4. The first kappa shape index (κ1) is 13.0. The van der Waals surface area contributed by atoms with Crippen molar-refractivity contribution < 1.29 is 0 Å². The molecule has 2 aliphatic rings. The minimum Gasteiger partial charge on any atom is -0.378 e. The Morgan fingerprint density at radius 3 is 2.71 bits per heavy atom. The van der Waals surface area contributed by atoms with Crippen LogP contribution >= 0.6 is 11.6 Å². The average molecular weight is 296 g/mol.